The van der Waals surface area contributed by atoms with Crippen molar-refractivity contribution in [1.82, 2.24) is 4.98 Å². The number of thiazole rings is 1. The van der Waals surface area contributed by atoms with Crippen LogP contribution in [0.3, 0.4) is 0 Å². The fourth-order valence-electron chi connectivity index (χ4n) is 1.27. The number of hydrogen-bond acceptors (Lipinski definition) is 3. The Bertz CT molecular complexity index is 441. The van der Waals surface area contributed by atoms with Crippen molar-refractivity contribution < 1.29 is 4.74 Å². The molecule has 1 aromatic heterocycles. The summed E-state index contributed by atoms with van der Waals surface area (Å²) < 4.78 is 6.62. The van der Waals surface area contributed by atoms with E-state index < -0.39 is 0 Å². The van der Waals surface area contributed by atoms with E-state index in [0.29, 0.717) is 6.61 Å². The number of alkyl halides is 1. The molecule has 0 unspecified atom stereocenters. The molecule has 0 aliphatic heterocycles. The summed E-state index contributed by atoms with van der Waals surface area (Å²) in [6, 6.07) is 6.04. The molecule has 0 fully saturated rings. The van der Waals surface area contributed by atoms with Gasteiger partial charge in [0.15, 0.2) is 0 Å². The number of fused-ring (bicyclic) bond motifs is 1. The molecule has 0 atom stereocenters. The highest BCUT2D eigenvalue weighted by Crippen LogP contribution is 2.26. The van der Waals surface area contributed by atoms with Gasteiger partial charge >= 0.3 is 0 Å². The van der Waals surface area contributed by atoms with Gasteiger partial charge in [0.05, 0.1) is 22.2 Å². The Morgan fingerprint density at radius 1 is 1.50 bits per heavy atom. The van der Waals surface area contributed by atoms with Gasteiger partial charge in [0, 0.05) is 6.07 Å². The van der Waals surface area contributed by atoms with E-state index >= 15 is 0 Å². The second-order valence-electron chi connectivity index (χ2n) is 2.80. The fraction of sp³-hybridized carbons (Fsp3) is 0.300. The maximum Gasteiger partial charge on any atom is 0.121 e. The van der Waals surface area contributed by atoms with E-state index in [1.807, 2.05) is 19.1 Å². The van der Waals surface area contributed by atoms with E-state index in [9.17, 15) is 0 Å². The van der Waals surface area contributed by atoms with Crippen LogP contribution in [0.15, 0.2) is 18.2 Å². The van der Waals surface area contributed by atoms with Crippen molar-refractivity contribution in [1.29, 1.82) is 0 Å². The monoisotopic (exact) mass is 271 g/mol. The first-order valence-electron chi connectivity index (χ1n) is 4.41. The number of benzene rings is 1. The molecule has 2 rings (SSSR count). The van der Waals surface area contributed by atoms with Gasteiger partial charge in [-0.15, -0.1) is 11.3 Å². The number of nitrogens with zero attached hydrogens (tertiary/aromatic N) is 1. The molecule has 0 spiro atoms. The lowest BCUT2D eigenvalue weighted by Crippen LogP contribution is -1.90. The Labute approximate surface area is 95.0 Å². The molecule has 1 heterocycles. The zero-order valence-electron chi connectivity index (χ0n) is 7.79. The maximum absolute atomic E-state index is 5.41. The predicted molar refractivity (Wildman–Crippen MR) is 63.4 cm³/mol. The molecule has 0 aliphatic rings. The van der Waals surface area contributed by atoms with E-state index in [-0.39, 0.29) is 0 Å². The zero-order valence-corrected chi connectivity index (χ0v) is 10.2. The Kier molecular flexibility index (Phi) is 3.03. The average molecular weight is 272 g/mol. The Morgan fingerprint density at radius 3 is 3.07 bits per heavy atom. The molecule has 0 bridgehead atoms. The van der Waals surface area contributed by atoms with Crippen molar-refractivity contribution in [3.05, 3.63) is 23.2 Å². The van der Waals surface area contributed by atoms with E-state index in [1.54, 1.807) is 11.3 Å². The van der Waals surface area contributed by atoms with Crippen molar-refractivity contribution in [3.63, 3.8) is 0 Å². The van der Waals surface area contributed by atoms with Crippen molar-refractivity contribution in [2.45, 2.75) is 12.3 Å². The van der Waals surface area contributed by atoms with Gasteiger partial charge in [-0.05, 0) is 19.1 Å². The van der Waals surface area contributed by atoms with Crippen LogP contribution in [0.5, 0.6) is 5.75 Å². The molecule has 0 aliphatic carbocycles. The smallest absolute Gasteiger partial charge is 0.121 e. The van der Waals surface area contributed by atoms with Crippen LogP contribution in [-0.2, 0) is 5.33 Å². The van der Waals surface area contributed by atoms with Crippen LogP contribution in [0.2, 0.25) is 0 Å². The molecule has 0 saturated carbocycles. The average Bonchev–Trinajstić information content (AvgIpc) is 2.60. The molecule has 2 aromatic rings. The SMILES string of the molecule is CCOc1ccc2sc(CBr)nc2c1. The first-order chi connectivity index (χ1) is 6.83. The lowest BCUT2D eigenvalue weighted by Gasteiger charge is -2.00. The van der Waals surface area contributed by atoms with Crippen molar-refractivity contribution in [3.8, 4) is 5.75 Å². The Hall–Kier alpha value is -0.610. The third-order valence-electron chi connectivity index (χ3n) is 1.83. The number of aromatic nitrogens is 1. The molecule has 4 heteroatoms. The van der Waals surface area contributed by atoms with Gasteiger partial charge in [0.1, 0.15) is 10.8 Å². The van der Waals surface area contributed by atoms with E-state index in [1.165, 1.54) is 4.70 Å². The first kappa shape index (κ1) is 9.93. The van der Waals surface area contributed by atoms with Crippen molar-refractivity contribution in [2.75, 3.05) is 6.61 Å². The summed E-state index contributed by atoms with van der Waals surface area (Å²) in [7, 11) is 0. The van der Waals surface area contributed by atoms with Crippen LogP contribution in [-0.4, -0.2) is 11.6 Å². The van der Waals surface area contributed by atoms with Crippen molar-refractivity contribution >= 4 is 37.5 Å². The fourth-order valence-corrected chi connectivity index (χ4v) is 2.53. The maximum atomic E-state index is 5.41. The largest absolute Gasteiger partial charge is 0.494 e. The highest BCUT2D eigenvalue weighted by atomic mass is 79.9. The van der Waals surface area contributed by atoms with Gasteiger partial charge in [-0.3, -0.25) is 0 Å². The quantitative estimate of drug-likeness (QED) is 0.796. The Balaban J connectivity index is 2.43. The summed E-state index contributed by atoms with van der Waals surface area (Å²) >= 11 is 5.11. The summed E-state index contributed by atoms with van der Waals surface area (Å²) in [4.78, 5) is 4.47. The van der Waals surface area contributed by atoms with Crippen LogP contribution < -0.4 is 4.74 Å². The van der Waals surface area contributed by atoms with Gasteiger partial charge in [-0.25, -0.2) is 4.98 Å². The number of halogens is 1. The molecule has 74 valence electrons. The highest BCUT2D eigenvalue weighted by Gasteiger charge is 2.03. The molecule has 0 amide bonds. The van der Waals surface area contributed by atoms with Gasteiger partial charge in [0.2, 0.25) is 0 Å². The molecule has 14 heavy (non-hydrogen) atoms. The first-order valence-corrected chi connectivity index (χ1v) is 6.35. The molecule has 0 N–H and O–H groups in total. The van der Waals surface area contributed by atoms with Gasteiger partial charge in [-0.2, -0.15) is 0 Å². The van der Waals surface area contributed by atoms with E-state index in [0.717, 1.165) is 21.6 Å². The lowest BCUT2D eigenvalue weighted by molar-refractivity contribution is 0.340. The summed E-state index contributed by atoms with van der Waals surface area (Å²) in [5.74, 6) is 0.895. The molecule has 0 radical (unpaired) electrons. The molecule has 2 nitrogen and oxygen atoms in total. The molecule has 1 aromatic carbocycles. The van der Waals surface area contributed by atoms with Gasteiger partial charge in [0.25, 0.3) is 0 Å². The summed E-state index contributed by atoms with van der Waals surface area (Å²) in [5, 5.41) is 1.92. The van der Waals surface area contributed by atoms with Gasteiger partial charge < -0.3 is 4.74 Å². The van der Waals surface area contributed by atoms with Crippen LogP contribution in [0.25, 0.3) is 10.2 Å². The van der Waals surface area contributed by atoms with Crippen LogP contribution >= 0.6 is 27.3 Å². The predicted octanol–water partition coefficient (Wildman–Crippen LogP) is 3.59. The Morgan fingerprint density at radius 2 is 2.36 bits per heavy atom. The van der Waals surface area contributed by atoms with E-state index in [2.05, 4.69) is 27.0 Å². The van der Waals surface area contributed by atoms with Crippen LogP contribution in [0, 0.1) is 0 Å². The second kappa shape index (κ2) is 4.28. The third-order valence-corrected chi connectivity index (χ3v) is 3.77. The van der Waals surface area contributed by atoms with Crippen molar-refractivity contribution in [2.24, 2.45) is 0 Å². The van der Waals surface area contributed by atoms with E-state index in [4.69, 9.17) is 4.74 Å². The lowest BCUT2D eigenvalue weighted by atomic mass is 10.3. The highest BCUT2D eigenvalue weighted by molar-refractivity contribution is 9.08. The minimum Gasteiger partial charge on any atom is -0.494 e. The zero-order chi connectivity index (χ0) is 9.97. The topological polar surface area (TPSA) is 22.1 Å². The molecular formula is C10H10BrNOS. The molecular weight excluding hydrogens is 262 g/mol. The van der Waals surface area contributed by atoms with Crippen LogP contribution in [0.1, 0.15) is 11.9 Å². The third kappa shape index (κ3) is 1.91. The number of hydrogen-bond donors (Lipinski definition) is 0. The van der Waals surface area contributed by atoms with Crippen LogP contribution in [0.4, 0.5) is 0 Å². The standard InChI is InChI=1S/C10H10BrNOS/c1-2-13-7-3-4-9-8(5-7)12-10(6-11)14-9/h3-5H,2,6H2,1H3. The summed E-state index contributed by atoms with van der Waals surface area (Å²) in [6.07, 6.45) is 0. The molecule has 0 saturated heterocycles. The second-order valence-corrected chi connectivity index (χ2v) is 4.48. The van der Waals surface area contributed by atoms with Gasteiger partial charge in [-0.1, -0.05) is 15.9 Å². The normalized spacial score (nSPS) is 10.7. The summed E-state index contributed by atoms with van der Waals surface area (Å²) in [6.45, 7) is 2.68. The minimum atomic E-state index is 0.695. The number of rotatable bonds is 3. The number of ether oxygens (including phenoxy) is 1. The summed E-state index contributed by atoms with van der Waals surface area (Å²) in [5.41, 5.74) is 1.02. The minimum absolute atomic E-state index is 0.695.